The van der Waals surface area contributed by atoms with Crippen molar-refractivity contribution in [1.82, 2.24) is 19.7 Å². The van der Waals surface area contributed by atoms with Gasteiger partial charge in [-0.05, 0) is 17.5 Å². The van der Waals surface area contributed by atoms with Crippen molar-refractivity contribution >= 4 is 27.4 Å². The molecule has 1 aliphatic heterocycles. The van der Waals surface area contributed by atoms with Crippen LogP contribution in [0.3, 0.4) is 0 Å². The normalized spacial score (nSPS) is 15.6. The van der Waals surface area contributed by atoms with Gasteiger partial charge in [-0.15, -0.1) is 11.3 Å². The van der Waals surface area contributed by atoms with E-state index in [1.165, 1.54) is 6.33 Å². The first kappa shape index (κ1) is 16.0. The van der Waals surface area contributed by atoms with Crippen molar-refractivity contribution in [2.24, 2.45) is 5.92 Å². The van der Waals surface area contributed by atoms with Crippen LogP contribution in [0.5, 0.6) is 0 Å². The Hall–Kier alpha value is -2.49. The van der Waals surface area contributed by atoms with E-state index in [0.29, 0.717) is 19.2 Å². The second kappa shape index (κ2) is 5.80. The summed E-state index contributed by atoms with van der Waals surface area (Å²) in [6.45, 7) is 1.36. The summed E-state index contributed by atoms with van der Waals surface area (Å²) in [7, 11) is 0. The molecule has 0 unspecified atom stereocenters. The fourth-order valence-corrected chi connectivity index (χ4v) is 3.70. The molecule has 130 valence electrons. The van der Waals surface area contributed by atoms with Gasteiger partial charge >= 0.3 is 6.18 Å². The molecule has 0 atom stereocenters. The van der Waals surface area contributed by atoms with Crippen molar-refractivity contribution in [1.29, 1.82) is 0 Å². The molecule has 0 aromatic carbocycles. The van der Waals surface area contributed by atoms with Gasteiger partial charge < -0.3 is 4.90 Å². The van der Waals surface area contributed by atoms with E-state index in [0.717, 1.165) is 26.8 Å². The summed E-state index contributed by atoms with van der Waals surface area (Å²) in [6.07, 6.45) is -3.07. The maximum Gasteiger partial charge on any atom is 0.435 e. The first-order chi connectivity index (χ1) is 11.9. The number of nitrogens with zero attached hydrogens (tertiary/aromatic N) is 5. The van der Waals surface area contributed by atoms with Crippen LogP contribution < -0.4 is 10.5 Å². The molecule has 0 bridgehead atoms. The van der Waals surface area contributed by atoms with Crippen molar-refractivity contribution in [3.63, 3.8) is 0 Å². The molecule has 1 aliphatic rings. The standard InChI is InChI=1S/C15H12F3N5OS/c16-15(17,18)11-1-2-12(24)23(21-11)7-9-5-22(6-9)14-13-10(3-4-25-13)19-8-20-14/h1-4,8-9H,5-7H2. The average molecular weight is 367 g/mol. The zero-order valence-corrected chi connectivity index (χ0v) is 13.6. The lowest BCUT2D eigenvalue weighted by molar-refractivity contribution is -0.142. The maximum absolute atomic E-state index is 12.7. The number of hydrogen-bond acceptors (Lipinski definition) is 6. The zero-order valence-electron chi connectivity index (χ0n) is 12.8. The fraction of sp³-hybridized carbons (Fsp3) is 0.333. The third kappa shape index (κ3) is 2.97. The van der Waals surface area contributed by atoms with Crippen LogP contribution in [0, 0.1) is 5.92 Å². The Morgan fingerprint density at radius 2 is 2.00 bits per heavy atom. The van der Waals surface area contributed by atoms with Gasteiger partial charge in [0.05, 0.1) is 16.8 Å². The summed E-state index contributed by atoms with van der Waals surface area (Å²) < 4.78 is 40.1. The van der Waals surface area contributed by atoms with E-state index in [1.807, 2.05) is 16.3 Å². The van der Waals surface area contributed by atoms with E-state index < -0.39 is 17.4 Å². The monoisotopic (exact) mass is 367 g/mol. The third-order valence-corrected chi connectivity index (χ3v) is 4.97. The van der Waals surface area contributed by atoms with Crippen molar-refractivity contribution in [3.8, 4) is 0 Å². The van der Waals surface area contributed by atoms with E-state index in [2.05, 4.69) is 15.1 Å². The molecule has 0 saturated carbocycles. The molecule has 1 fully saturated rings. The lowest BCUT2D eigenvalue weighted by Crippen LogP contribution is -2.50. The van der Waals surface area contributed by atoms with E-state index in [4.69, 9.17) is 0 Å². The number of anilines is 1. The van der Waals surface area contributed by atoms with Crippen molar-refractivity contribution in [2.75, 3.05) is 18.0 Å². The number of aromatic nitrogens is 4. The Morgan fingerprint density at radius 3 is 2.76 bits per heavy atom. The number of hydrogen-bond donors (Lipinski definition) is 0. The van der Waals surface area contributed by atoms with Crippen molar-refractivity contribution in [3.05, 3.63) is 46.0 Å². The van der Waals surface area contributed by atoms with Gasteiger partial charge in [0, 0.05) is 25.1 Å². The number of fused-ring (bicyclic) bond motifs is 1. The smallest absolute Gasteiger partial charge is 0.354 e. The molecule has 4 heterocycles. The predicted octanol–water partition coefficient (Wildman–Crippen LogP) is 2.40. The molecule has 3 aromatic rings. The predicted molar refractivity (Wildman–Crippen MR) is 86.6 cm³/mol. The van der Waals surface area contributed by atoms with Gasteiger partial charge in [0.1, 0.15) is 12.1 Å². The van der Waals surface area contributed by atoms with Gasteiger partial charge in [0.2, 0.25) is 0 Å². The quantitative estimate of drug-likeness (QED) is 0.711. The molecule has 10 heteroatoms. The Bertz CT molecular complexity index is 977. The van der Waals surface area contributed by atoms with Crippen molar-refractivity contribution < 1.29 is 13.2 Å². The summed E-state index contributed by atoms with van der Waals surface area (Å²) in [4.78, 5) is 22.3. The van der Waals surface area contributed by atoms with Gasteiger partial charge in [0.25, 0.3) is 5.56 Å². The van der Waals surface area contributed by atoms with Crippen LogP contribution in [0.25, 0.3) is 10.2 Å². The SMILES string of the molecule is O=c1ccc(C(F)(F)F)nn1CC1CN(c2ncnc3ccsc23)C1. The van der Waals surface area contributed by atoms with Crippen LogP contribution in [0.2, 0.25) is 0 Å². The minimum absolute atomic E-state index is 0.0404. The number of halogens is 3. The van der Waals surface area contributed by atoms with Gasteiger partial charge in [0.15, 0.2) is 5.69 Å². The summed E-state index contributed by atoms with van der Waals surface area (Å²) in [5.74, 6) is 0.860. The molecule has 1 saturated heterocycles. The molecule has 0 spiro atoms. The highest BCUT2D eigenvalue weighted by Crippen LogP contribution is 2.32. The molecule has 25 heavy (non-hydrogen) atoms. The number of alkyl halides is 3. The highest BCUT2D eigenvalue weighted by Gasteiger charge is 2.34. The Labute approximate surface area is 143 Å². The lowest BCUT2D eigenvalue weighted by Gasteiger charge is -2.40. The van der Waals surface area contributed by atoms with Crippen LogP contribution in [-0.4, -0.2) is 32.8 Å². The Morgan fingerprint density at radius 1 is 1.20 bits per heavy atom. The number of rotatable bonds is 3. The lowest BCUT2D eigenvalue weighted by atomic mass is 10.0. The minimum Gasteiger partial charge on any atom is -0.354 e. The molecule has 0 N–H and O–H groups in total. The zero-order chi connectivity index (χ0) is 17.6. The summed E-state index contributed by atoms with van der Waals surface area (Å²) >= 11 is 1.54. The molecule has 6 nitrogen and oxygen atoms in total. The molecule has 0 amide bonds. The molecular formula is C15H12F3N5OS. The summed E-state index contributed by atoms with van der Waals surface area (Å²) in [6, 6.07) is 3.53. The molecule has 0 radical (unpaired) electrons. The first-order valence-corrected chi connectivity index (χ1v) is 8.38. The second-order valence-electron chi connectivity index (χ2n) is 5.84. The largest absolute Gasteiger partial charge is 0.435 e. The van der Waals surface area contributed by atoms with Gasteiger partial charge in [-0.2, -0.15) is 18.3 Å². The summed E-state index contributed by atoms with van der Waals surface area (Å²) in [5.41, 5.74) is -0.720. The third-order valence-electron chi connectivity index (χ3n) is 4.07. The van der Waals surface area contributed by atoms with Crippen LogP contribution >= 0.6 is 11.3 Å². The second-order valence-corrected chi connectivity index (χ2v) is 6.76. The van der Waals surface area contributed by atoms with Gasteiger partial charge in [-0.1, -0.05) is 0 Å². The maximum atomic E-state index is 12.7. The number of thiophene rings is 1. The van der Waals surface area contributed by atoms with Crippen LogP contribution in [0.4, 0.5) is 19.0 Å². The van der Waals surface area contributed by atoms with Crippen LogP contribution in [0.15, 0.2) is 34.7 Å². The Kier molecular flexibility index (Phi) is 3.71. The van der Waals surface area contributed by atoms with Crippen LogP contribution in [-0.2, 0) is 12.7 Å². The first-order valence-electron chi connectivity index (χ1n) is 7.50. The summed E-state index contributed by atoms with van der Waals surface area (Å²) in [5, 5.41) is 5.38. The van der Waals surface area contributed by atoms with Crippen molar-refractivity contribution in [2.45, 2.75) is 12.7 Å². The molecule has 0 aliphatic carbocycles. The Balaban J connectivity index is 1.49. The topological polar surface area (TPSA) is 63.9 Å². The van der Waals surface area contributed by atoms with E-state index in [1.54, 1.807) is 11.3 Å². The van der Waals surface area contributed by atoms with E-state index in [-0.39, 0.29) is 12.5 Å². The highest BCUT2D eigenvalue weighted by molar-refractivity contribution is 7.17. The van der Waals surface area contributed by atoms with E-state index in [9.17, 15) is 18.0 Å². The molecule has 4 rings (SSSR count). The molecular weight excluding hydrogens is 355 g/mol. The van der Waals surface area contributed by atoms with Crippen LogP contribution in [0.1, 0.15) is 5.69 Å². The van der Waals surface area contributed by atoms with Gasteiger partial charge in [-0.25, -0.2) is 14.6 Å². The minimum atomic E-state index is -4.56. The van der Waals surface area contributed by atoms with Gasteiger partial charge in [-0.3, -0.25) is 4.79 Å². The van der Waals surface area contributed by atoms with E-state index >= 15 is 0 Å². The highest BCUT2D eigenvalue weighted by atomic mass is 32.1. The fourth-order valence-electron chi connectivity index (χ4n) is 2.83. The average Bonchev–Trinajstić information content (AvgIpc) is 2.99. The molecule has 3 aromatic heterocycles.